The van der Waals surface area contributed by atoms with Gasteiger partial charge in [-0.1, -0.05) is 23.9 Å². The monoisotopic (exact) mass is 359 g/mol. The first-order valence-corrected chi connectivity index (χ1v) is 8.12. The fourth-order valence-electron chi connectivity index (χ4n) is 2.28. The van der Waals surface area contributed by atoms with Crippen LogP contribution in [0.1, 0.15) is 19.4 Å². The van der Waals surface area contributed by atoms with Gasteiger partial charge in [-0.3, -0.25) is 4.57 Å². The summed E-state index contributed by atoms with van der Waals surface area (Å²) in [4.78, 5) is 15.9. The van der Waals surface area contributed by atoms with E-state index in [1.807, 2.05) is 41.0 Å². The molecule has 3 aromatic rings. The molecule has 5 nitrogen and oxygen atoms in total. The zero-order valence-electron chi connectivity index (χ0n) is 14.2. The molecule has 2 aromatic carbocycles. The number of carbonyl (C=O) groups excluding carboxylic acids is 1. The van der Waals surface area contributed by atoms with Gasteiger partial charge in [0.25, 0.3) is 0 Å². The smallest absolute Gasteiger partial charge is 0.549 e. The number of hydrogen-bond donors (Lipinski definition) is 0. The Kier molecular flexibility index (Phi) is 5.96. The van der Waals surface area contributed by atoms with Gasteiger partial charge in [-0.2, -0.15) is 5.26 Å². The van der Waals surface area contributed by atoms with E-state index in [1.54, 1.807) is 26.0 Å². The zero-order chi connectivity index (χ0) is 17.3. The predicted molar refractivity (Wildman–Crippen MR) is 90.7 cm³/mol. The number of nitriles is 1. The number of aromatic nitrogens is 2. The van der Waals surface area contributed by atoms with E-state index < -0.39 is 10.7 Å². The average Bonchev–Trinajstić information content (AvgIpc) is 2.92. The molecule has 7 heteroatoms. The van der Waals surface area contributed by atoms with E-state index in [-0.39, 0.29) is 29.6 Å². The molecule has 25 heavy (non-hydrogen) atoms. The Labute approximate surface area is 172 Å². The maximum Gasteiger partial charge on any atom is 1.00 e. The van der Waals surface area contributed by atoms with Gasteiger partial charge < -0.3 is 9.90 Å². The number of carboxylic acids is 1. The van der Waals surface area contributed by atoms with Gasteiger partial charge in [0.2, 0.25) is 0 Å². The number of aliphatic carboxylic acids is 1. The third kappa shape index (κ3) is 3.91. The molecule has 0 aliphatic carbocycles. The fraction of sp³-hybridized carbons (Fsp3) is 0.167. The number of thioether (sulfide) groups is 1. The van der Waals surface area contributed by atoms with Crippen molar-refractivity contribution < 1.29 is 39.5 Å². The molecule has 120 valence electrons. The molecule has 1 aromatic heterocycles. The first kappa shape index (κ1) is 19.5. The molecule has 0 N–H and O–H groups in total. The van der Waals surface area contributed by atoms with Gasteiger partial charge in [-0.15, -0.1) is 0 Å². The molecule has 0 aliphatic heterocycles. The molecule has 0 radical (unpaired) electrons. The second kappa shape index (κ2) is 7.63. The number of para-hydroxylation sites is 2. The van der Waals surface area contributed by atoms with Gasteiger partial charge >= 0.3 is 29.6 Å². The Morgan fingerprint density at radius 2 is 1.84 bits per heavy atom. The molecule has 0 unspecified atom stereocenters. The summed E-state index contributed by atoms with van der Waals surface area (Å²) in [5, 5.41) is 20.9. The summed E-state index contributed by atoms with van der Waals surface area (Å²) in [6.07, 6.45) is 0. The number of rotatable bonds is 4. The number of benzene rings is 2. The van der Waals surface area contributed by atoms with Crippen LogP contribution in [0.4, 0.5) is 0 Å². The number of fused-ring (bicyclic) bond motifs is 1. The van der Waals surface area contributed by atoms with Crippen LogP contribution < -0.4 is 34.7 Å². The van der Waals surface area contributed by atoms with Gasteiger partial charge in [-0.25, -0.2) is 4.98 Å². The second-order valence-electron chi connectivity index (χ2n) is 5.78. The first-order valence-electron chi connectivity index (χ1n) is 7.31. The van der Waals surface area contributed by atoms with Crippen LogP contribution in [-0.4, -0.2) is 20.3 Å². The van der Waals surface area contributed by atoms with Crippen molar-refractivity contribution in [2.75, 3.05) is 0 Å². The van der Waals surface area contributed by atoms with Crippen molar-refractivity contribution in [3.05, 3.63) is 54.1 Å². The molecule has 0 saturated heterocycles. The summed E-state index contributed by atoms with van der Waals surface area (Å²) in [5.74, 6) is -1.15. The van der Waals surface area contributed by atoms with Crippen molar-refractivity contribution in [3.8, 4) is 11.8 Å². The average molecular weight is 359 g/mol. The topological polar surface area (TPSA) is 81.7 Å². The maximum atomic E-state index is 11.4. The minimum absolute atomic E-state index is 0. The summed E-state index contributed by atoms with van der Waals surface area (Å²) in [5.41, 5.74) is 3.03. The van der Waals surface area contributed by atoms with E-state index >= 15 is 0 Å². The zero-order valence-corrected chi connectivity index (χ0v) is 17.0. The minimum atomic E-state index is -1.15. The molecule has 0 aliphatic rings. The maximum absolute atomic E-state index is 11.4. The van der Waals surface area contributed by atoms with E-state index in [9.17, 15) is 9.90 Å². The SMILES string of the molecule is CC(C)(Sc1nc2ccccc2n1-c1ccc(C#N)cc1)C(=O)[O-].[Na+]. The molecule has 0 bridgehead atoms. The Balaban J connectivity index is 0.00000225. The predicted octanol–water partition coefficient (Wildman–Crippen LogP) is -0.478. The molecule has 0 amide bonds. The summed E-state index contributed by atoms with van der Waals surface area (Å²) in [6, 6.07) is 16.8. The van der Waals surface area contributed by atoms with E-state index in [0.717, 1.165) is 28.5 Å². The van der Waals surface area contributed by atoms with Gasteiger partial charge in [0.1, 0.15) is 0 Å². The molecule has 0 atom stereocenters. The van der Waals surface area contributed by atoms with E-state index in [4.69, 9.17) is 5.26 Å². The molecule has 0 fully saturated rings. The van der Waals surface area contributed by atoms with E-state index in [2.05, 4.69) is 11.1 Å². The summed E-state index contributed by atoms with van der Waals surface area (Å²) < 4.78 is 0.775. The van der Waals surface area contributed by atoms with Crippen LogP contribution in [-0.2, 0) is 4.79 Å². The van der Waals surface area contributed by atoms with Crippen LogP contribution >= 0.6 is 11.8 Å². The largest absolute Gasteiger partial charge is 1.00 e. The summed E-state index contributed by atoms with van der Waals surface area (Å²) in [7, 11) is 0. The van der Waals surface area contributed by atoms with E-state index in [0.29, 0.717) is 10.7 Å². The number of nitrogens with zero attached hydrogens (tertiary/aromatic N) is 3. The summed E-state index contributed by atoms with van der Waals surface area (Å²) in [6.45, 7) is 3.19. The number of imidazole rings is 1. The summed E-state index contributed by atoms with van der Waals surface area (Å²) >= 11 is 1.14. The fourth-order valence-corrected chi connectivity index (χ4v) is 3.26. The Bertz CT molecular complexity index is 959. The molecular weight excluding hydrogens is 345 g/mol. The van der Waals surface area contributed by atoms with Crippen LogP contribution in [0.25, 0.3) is 16.7 Å². The normalized spacial score (nSPS) is 10.9. The molecule has 0 saturated carbocycles. The first-order chi connectivity index (χ1) is 11.4. The molecule has 1 heterocycles. The van der Waals surface area contributed by atoms with Gasteiger partial charge in [0.15, 0.2) is 5.16 Å². The van der Waals surface area contributed by atoms with Gasteiger partial charge in [0.05, 0.1) is 33.4 Å². The van der Waals surface area contributed by atoms with Gasteiger partial charge in [0, 0.05) is 5.69 Å². The van der Waals surface area contributed by atoms with Crippen LogP contribution in [0.15, 0.2) is 53.7 Å². The number of carbonyl (C=O) groups is 1. The van der Waals surface area contributed by atoms with Crippen LogP contribution in [0.5, 0.6) is 0 Å². The number of carboxylic acid groups (broad SMARTS) is 1. The Morgan fingerprint density at radius 1 is 1.20 bits per heavy atom. The van der Waals surface area contributed by atoms with E-state index in [1.165, 1.54) is 0 Å². The van der Waals surface area contributed by atoms with Crippen LogP contribution in [0, 0.1) is 11.3 Å². The van der Waals surface area contributed by atoms with Crippen molar-refractivity contribution in [1.29, 1.82) is 5.26 Å². The molecular formula is C18H14N3NaO2S. The van der Waals surface area contributed by atoms with Crippen LogP contribution in [0.2, 0.25) is 0 Å². The Hall–Kier alpha value is -1.78. The van der Waals surface area contributed by atoms with Crippen molar-refractivity contribution in [1.82, 2.24) is 9.55 Å². The van der Waals surface area contributed by atoms with Crippen molar-refractivity contribution in [2.24, 2.45) is 0 Å². The second-order valence-corrected chi connectivity index (χ2v) is 7.37. The molecule has 3 rings (SSSR count). The quantitative estimate of drug-likeness (QED) is 0.464. The van der Waals surface area contributed by atoms with Gasteiger partial charge in [-0.05, 0) is 50.2 Å². The standard InChI is InChI=1S/C18H15N3O2S.Na/c1-18(2,16(22)23)24-17-20-14-5-3-4-6-15(14)21(17)13-9-7-12(11-19)8-10-13;/h3-10H,1-2H3,(H,22,23);/q;+1/p-1. The minimum Gasteiger partial charge on any atom is -0.549 e. The van der Waals surface area contributed by atoms with Crippen molar-refractivity contribution in [3.63, 3.8) is 0 Å². The third-order valence-electron chi connectivity index (χ3n) is 3.62. The van der Waals surface area contributed by atoms with Crippen molar-refractivity contribution in [2.45, 2.75) is 23.8 Å². The third-order valence-corrected chi connectivity index (χ3v) is 4.76. The van der Waals surface area contributed by atoms with Crippen molar-refractivity contribution >= 4 is 28.8 Å². The Morgan fingerprint density at radius 3 is 2.44 bits per heavy atom. The van der Waals surface area contributed by atoms with Crippen LogP contribution in [0.3, 0.4) is 0 Å². The molecule has 0 spiro atoms. The number of hydrogen-bond acceptors (Lipinski definition) is 5.